The zero-order valence-electron chi connectivity index (χ0n) is 5.78. The largest absolute Gasteiger partial charge is 0.294 e. The van der Waals surface area contributed by atoms with Gasteiger partial charge in [0.15, 0.2) is 0 Å². The van der Waals surface area contributed by atoms with Gasteiger partial charge in [-0.05, 0) is 6.07 Å². The second kappa shape index (κ2) is 3.86. The lowest BCUT2D eigenvalue weighted by atomic mass is 10.3. The van der Waals surface area contributed by atoms with E-state index in [-0.39, 0.29) is 5.69 Å². The molecule has 0 fully saturated rings. The van der Waals surface area contributed by atoms with E-state index in [1.54, 1.807) is 18.2 Å². The molecular weight excluding hydrogens is 292 g/mol. The van der Waals surface area contributed by atoms with Crippen molar-refractivity contribution in [2.24, 2.45) is 0 Å². The Balaban J connectivity index is 3.17. The maximum atomic E-state index is 10.5. The van der Waals surface area contributed by atoms with Crippen LogP contribution in [0, 0.1) is 10.1 Å². The molecule has 0 aliphatic heterocycles. The molecule has 0 amide bonds. The number of anilines is 1. The molecule has 0 unspecified atom stereocenters. The molecular formula is C6H4Br2N2O2. The molecule has 0 heterocycles. The summed E-state index contributed by atoms with van der Waals surface area (Å²) >= 11 is 6.09. The van der Waals surface area contributed by atoms with E-state index in [9.17, 15) is 10.1 Å². The fraction of sp³-hybridized carbons (Fsp3) is 0. The number of nitro groups is 1. The van der Waals surface area contributed by atoms with Crippen LogP contribution in [-0.4, -0.2) is 4.92 Å². The van der Waals surface area contributed by atoms with E-state index in [0.29, 0.717) is 5.69 Å². The van der Waals surface area contributed by atoms with Gasteiger partial charge in [0.25, 0.3) is 5.69 Å². The molecule has 0 saturated carbocycles. The zero-order valence-corrected chi connectivity index (χ0v) is 8.95. The quantitative estimate of drug-likeness (QED) is 0.479. The van der Waals surface area contributed by atoms with Gasteiger partial charge in [0.1, 0.15) is 5.69 Å². The predicted octanol–water partition coefficient (Wildman–Crippen LogP) is 3.02. The third-order valence-electron chi connectivity index (χ3n) is 1.26. The summed E-state index contributed by atoms with van der Waals surface area (Å²) in [5.41, 5.74) is 0.508. The van der Waals surface area contributed by atoms with Crippen molar-refractivity contribution >= 4 is 43.7 Å². The highest BCUT2D eigenvalue weighted by atomic mass is 79.9. The summed E-state index contributed by atoms with van der Waals surface area (Å²) in [7, 11) is 0. The lowest BCUT2D eigenvalue weighted by Crippen LogP contribution is -1.96. The molecule has 1 aromatic carbocycles. The van der Waals surface area contributed by atoms with Crippen molar-refractivity contribution in [1.82, 2.24) is 0 Å². The summed E-state index contributed by atoms with van der Waals surface area (Å²) in [6, 6.07) is 6.40. The SMILES string of the molecule is O=[N+]([O-])c1ccccc1N(Br)Br. The van der Waals surface area contributed by atoms with Gasteiger partial charge in [-0.1, -0.05) is 12.1 Å². The second-order valence-electron chi connectivity index (χ2n) is 1.98. The van der Waals surface area contributed by atoms with Crippen LogP contribution in [0.3, 0.4) is 0 Å². The Morgan fingerprint density at radius 1 is 1.33 bits per heavy atom. The molecule has 0 saturated heterocycles. The van der Waals surface area contributed by atoms with Crippen LogP contribution >= 0.6 is 32.3 Å². The maximum absolute atomic E-state index is 10.5. The molecule has 0 aliphatic carbocycles. The number of hydrogen-bond acceptors (Lipinski definition) is 3. The number of nitrogens with zero attached hydrogens (tertiary/aromatic N) is 2. The van der Waals surface area contributed by atoms with Crippen LogP contribution in [0.4, 0.5) is 11.4 Å². The Morgan fingerprint density at radius 3 is 2.33 bits per heavy atom. The predicted molar refractivity (Wildman–Crippen MR) is 53.4 cm³/mol. The molecule has 0 N–H and O–H groups in total. The highest BCUT2D eigenvalue weighted by molar-refractivity contribution is 9.25. The number of hydrogen-bond donors (Lipinski definition) is 0. The Bertz CT molecular complexity index is 303. The van der Waals surface area contributed by atoms with Crippen LogP contribution in [0.25, 0.3) is 0 Å². The van der Waals surface area contributed by atoms with E-state index >= 15 is 0 Å². The van der Waals surface area contributed by atoms with Crippen molar-refractivity contribution < 1.29 is 4.92 Å². The summed E-state index contributed by atoms with van der Waals surface area (Å²) in [6.07, 6.45) is 0. The number of halogens is 2. The molecule has 4 nitrogen and oxygen atoms in total. The minimum absolute atomic E-state index is 0.0475. The molecule has 0 spiro atoms. The van der Waals surface area contributed by atoms with E-state index in [1.807, 2.05) is 0 Å². The number of benzene rings is 1. The van der Waals surface area contributed by atoms with Crippen molar-refractivity contribution in [3.8, 4) is 0 Å². The van der Waals surface area contributed by atoms with Gasteiger partial charge in [0, 0.05) is 6.07 Å². The van der Waals surface area contributed by atoms with Crippen LogP contribution in [0.5, 0.6) is 0 Å². The fourth-order valence-electron chi connectivity index (χ4n) is 0.761. The average Bonchev–Trinajstić information content (AvgIpc) is 2.04. The Labute approximate surface area is 86.0 Å². The van der Waals surface area contributed by atoms with Gasteiger partial charge in [-0.2, -0.15) is 0 Å². The van der Waals surface area contributed by atoms with E-state index in [4.69, 9.17) is 0 Å². The van der Waals surface area contributed by atoms with E-state index in [2.05, 4.69) is 32.3 Å². The summed E-state index contributed by atoms with van der Waals surface area (Å²) < 4.78 is 1.35. The summed E-state index contributed by atoms with van der Waals surface area (Å²) in [6.45, 7) is 0. The first kappa shape index (κ1) is 9.47. The molecule has 12 heavy (non-hydrogen) atoms. The number of rotatable bonds is 2. The molecule has 64 valence electrons. The molecule has 6 heteroatoms. The smallest absolute Gasteiger partial charge is 0.258 e. The third kappa shape index (κ3) is 1.95. The Hall–Kier alpha value is -0.620. The lowest BCUT2D eigenvalue weighted by Gasteiger charge is -2.05. The van der Waals surface area contributed by atoms with E-state index in [0.717, 1.165) is 0 Å². The lowest BCUT2D eigenvalue weighted by molar-refractivity contribution is -0.384. The van der Waals surface area contributed by atoms with Crippen LogP contribution in [-0.2, 0) is 0 Å². The minimum atomic E-state index is -0.440. The number of para-hydroxylation sites is 2. The van der Waals surface area contributed by atoms with Gasteiger partial charge >= 0.3 is 0 Å². The van der Waals surface area contributed by atoms with Gasteiger partial charge in [-0.15, -0.1) is 0 Å². The molecule has 0 bridgehead atoms. The molecule has 0 radical (unpaired) electrons. The van der Waals surface area contributed by atoms with E-state index < -0.39 is 4.92 Å². The average molecular weight is 296 g/mol. The summed E-state index contributed by atoms with van der Waals surface area (Å²) in [5, 5.41) is 10.5. The Morgan fingerprint density at radius 2 is 1.92 bits per heavy atom. The first-order chi connectivity index (χ1) is 5.63. The zero-order chi connectivity index (χ0) is 9.14. The highest BCUT2D eigenvalue weighted by Crippen LogP contribution is 2.31. The van der Waals surface area contributed by atoms with Crippen molar-refractivity contribution in [3.63, 3.8) is 0 Å². The normalized spacial score (nSPS) is 9.50. The minimum Gasteiger partial charge on any atom is -0.258 e. The monoisotopic (exact) mass is 294 g/mol. The third-order valence-corrected chi connectivity index (χ3v) is 2.02. The van der Waals surface area contributed by atoms with Crippen LogP contribution in [0.15, 0.2) is 24.3 Å². The second-order valence-corrected chi connectivity index (χ2v) is 4.35. The first-order valence-corrected chi connectivity index (χ1v) is 4.40. The molecule has 0 atom stereocenters. The molecule has 0 aliphatic rings. The van der Waals surface area contributed by atoms with Crippen LogP contribution in [0.1, 0.15) is 0 Å². The van der Waals surface area contributed by atoms with Crippen molar-refractivity contribution in [2.75, 3.05) is 2.95 Å². The van der Waals surface area contributed by atoms with Gasteiger partial charge in [0.2, 0.25) is 0 Å². The summed E-state index contributed by atoms with van der Waals surface area (Å²) in [4.78, 5) is 10.0. The molecule has 1 rings (SSSR count). The standard InChI is InChI=1S/C6H4Br2N2O2/c7-9(8)5-3-1-2-4-6(5)10(11)12/h1-4H. The highest BCUT2D eigenvalue weighted by Gasteiger charge is 2.14. The first-order valence-electron chi connectivity index (χ1n) is 2.98. The van der Waals surface area contributed by atoms with Gasteiger partial charge in [0.05, 0.1) is 37.2 Å². The topological polar surface area (TPSA) is 46.4 Å². The van der Waals surface area contributed by atoms with Crippen LogP contribution < -0.4 is 2.95 Å². The van der Waals surface area contributed by atoms with E-state index in [1.165, 1.54) is 9.02 Å². The van der Waals surface area contributed by atoms with Crippen molar-refractivity contribution in [1.29, 1.82) is 0 Å². The fourth-order valence-corrected chi connectivity index (χ4v) is 1.36. The van der Waals surface area contributed by atoms with Gasteiger partial charge in [-0.25, -0.2) is 2.95 Å². The molecule has 1 aromatic rings. The van der Waals surface area contributed by atoms with Gasteiger partial charge in [-0.3, -0.25) is 10.1 Å². The van der Waals surface area contributed by atoms with Gasteiger partial charge < -0.3 is 0 Å². The van der Waals surface area contributed by atoms with Crippen molar-refractivity contribution in [3.05, 3.63) is 34.4 Å². The Kier molecular flexibility index (Phi) is 3.05. The molecule has 0 aromatic heterocycles. The summed E-state index contributed by atoms with van der Waals surface area (Å²) in [5.74, 6) is 0. The van der Waals surface area contributed by atoms with Crippen molar-refractivity contribution in [2.45, 2.75) is 0 Å². The van der Waals surface area contributed by atoms with Crippen LogP contribution in [0.2, 0.25) is 0 Å². The number of nitro benzene ring substituents is 1. The maximum Gasteiger partial charge on any atom is 0.294 e.